The van der Waals surface area contributed by atoms with E-state index >= 15 is 0 Å². The molecule has 5 rings (SSSR count). The number of rotatable bonds is 4. The van der Waals surface area contributed by atoms with E-state index in [0.29, 0.717) is 5.92 Å². The standard InChI is InChI=1S/C28H26N.C5H8O2.Ir/c1-17(2)9-21-14-27(23-11-18(3)10-19(4)12-23)29-28-15-22-13-20-7-5-6-8-24(20)25(22)16-26(21)28;1-4(6)3-5(2)7;/h5-8,10-11,14-17H,9,13H2,1-4H3;3,6H,1-2H3;/q-1;;/b;4-3-;. The minimum Gasteiger partial charge on any atom is -0.512 e. The van der Waals surface area contributed by atoms with Crippen molar-refractivity contribution in [2.45, 2.75) is 54.4 Å². The van der Waals surface area contributed by atoms with Gasteiger partial charge in [-0.25, -0.2) is 0 Å². The molecular weight excluding hydrogens is 635 g/mol. The van der Waals surface area contributed by atoms with Gasteiger partial charge in [-0.3, -0.25) is 9.78 Å². The van der Waals surface area contributed by atoms with Gasteiger partial charge >= 0.3 is 0 Å². The molecule has 1 aliphatic carbocycles. The monoisotopic (exact) mass is 669 g/mol. The summed E-state index contributed by atoms with van der Waals surface area (Å²) in [6.45, 7) is 11.7. The molecule has 0 unspecified atom stereocenters. The first-order chi connectivity index (χ1) is 17.1. The second kappa shape index (κ2) is 12.0. The van der Waals surface area contributed by atoms with Crippen LogP contribution in [0.25, 0.3) is 33.3 Å². The zero-order valence-corrected chi connectivity index (χ0v) is 24.8. The van der Waals surface area contributed by atoms with Gasteiger partial charge in [0.2, 0.25) is 0 Å². The minimum absolute atomic E-state index is 0. The van der Waals surface area contributed by atoms with Crippen molar-refractivity contribution in [1.29, 1.82) is 0 Å². The number of allylic oxidation sites excluding steroid dienone is 2. The molecule has 1 radical (unpaired) electrons. The maximum Gasteiger partial charge on any atom is 0.155 e. The van der Waals surface area contributed by atoms with Crippen molar-refractivity contribution in [3.05, 3.63) is 100 Å². The Morgan fingerprint density at radius 3 is 2.38 bits per heavy atom. The summed E-state index contributed by atoms with van der Waals surface area (Å²) in [5.74, 6) is 0.532. The quantitative estimate of drug-likeness (QED) is 0.120. The number of aliphatic hydroxyl groups is 1. The van der Waals surface area contributed by atoms with E-state index in [2.05, 4.69) is 88.4 Å². The first-order valence-corrected chi connectivity index (χ1v) is 12.5. The summed E-state index contributed by atoms with van der Waals surface area (Å²) in [6, 6.07) is 23.7. The molecule has 1 heterocycles. The van der Waals surface area contributed by atoms with Crippen LogP contribution in [-0.2, 0) is 37.7 Å². The summed E-state index contributed by atoms with van der Waals surface area (Å²) in [6.07, 6.45) is 3.22. The molecule has 0 bridgehead atoms. The third kappa shape index (κ3) is 6.83. The second-order valence-electron chi connectivity index (χ2n) is 10.3. The molecule has 1 aromatic heterocycles. The molecule has 4 heteroatoms. The Balaban J connectivity index is 0.000000422. The molecule has 193 valence electrons. The van der Waals surface area contributed by atoms with Gasteiger partial charge in [0.25, 0.3) is 0 Å². The molecule has 37 heavy (non-hydrogen) atoms. The van der Waals surface area contributed by atoms with Crippen LogP contribution in [0.1, 0.15) is 55.5 Å². The molecule has 0 spiro atoms. The normalized spacial score (nSPS) is 11.9. The smallest absolute Gasteiger partial charge is 0.155 e. The number of aliphatic hydroxyl groups excluding tert-OH is 1. The van der Waals surface area contributed by atoms with Gasteiger partial charge in [-0.1, -0.05) is 58.0 Å². The maximum absolute atomic E-state index is 10.0. The second-order valence-corrected chi connectivity index (χ2v) is 10.3. The van der Waals surface area contributed by atoms with Crippen molar-refractivity contribution in [1.82, 2.24) is 4.98 Å². The number of nitrogens with zero attached hydrogens (tertiary/aromatic N) is 1. The van der Waals surface area contributed by atoms with E-state index < -0.39 is 0 Å². The average Bonchev–Trinajstić information content (AvgIpc) is 3.13. The van der Waals surface area contributed by atoms with Gasteiger partial charge in [0, 0.05) is 31.6 Å². The van der Waals surface area contributed by atoms with E-state index in [1.165, 1.54) is 58.7 Å². The number of aryl methyl sites for hydroxylation is 2. The zero-order valence-electron chi connectivity index (χ0n) is 22.4. The van der Waals surface area contributed by atoms with Crippen molar-refractivity contribution >= 4 is 16.7 Å². The van der Waals surface area contributed by atoms with Gasteiger partial charge in [0.05, 0.1) is 11.3 Å². The molecule has 0 fully saturated rings. The Kier molecular flexibility index (Phi) is 9.23. The van der Waals surface area contributed by atoms with Crippen molar-refractivity contribution in [3.8, 4) is 22.4 Å². The van der Waals surface area contributed by atoms with Crippen LogP contribution in [-0.4, -0.2) is 15.9 Å². The fourth-order valence-electron chi connectivity index (χ4n) is 5.00. The number of benzene rings is 3. The Hall–Kier alpha value is -3.07. The molecule has 1 N–H and O–H groups in total. The number of fused-ring (bicyclic) bond motifs is 4. The Morgan fingerprint density at radius 1 is 1.03 bits per heavy atom. The first-order valence-electron chi connectivity index (χ1n) is 12.5. The van der Waals surface area contributed by atoms with E-state index in [-0.39, 0.29) is 31.6 Å². The van der Waals surface area contributed by atoms with Gasteiger partial charge in [0.15, 0.2) is 5.78 Å². The van der Waals surface area contributed by atoms with Gasteiger partial charge in [-0.2, -0.15) is 0 Å². The van der Waals surface area contributed by atoms with E-state index in [4.69, 9.17) is 10.1 Å². The zero-order chi connectivity index (χ0) is 26.0. The fraction of sp³-hybridized carbons (Fsp3) is 0.273. The van der Waals surface area contributed by atoms with Crippen LogP contribution >= 0.6 is 0 Å². The Bertz CT molecular complexity index is 1460. The molecule has 0 saturated heterocycles. The van der Waals surface area contributed by atoms with Crippen molar-refractivity contribution in [2.24, 2.45) is 5.92 Å². The molecule has 0 saturated carbocycles. The molecule has 3 aromatic carbocycles. The fourth-order valence-corrected chi connectivity index (χ4v) is 5.00. The summed E-state index contributed by atoms with van der Waals surface area (Å²) in [5, 5.41) is 9.66. The van der Waals surface area contributed by atoms with Crippen LogP contribution < -0.4 is 0 Å². The predicted octanol–water partition coefficient (Wildman–Crippen LogP) is 8.12. The largest absolute Gasteiger partial charge is 0.512 e. The summed E-state index contributed by atoms with van der Waals surface area (Å²) in [7, 11) is 0. The SMILES string of the molecule is CC(=O)/C=C(/C)O.Cc1[c-]c(-c2cc(CC(C)C)c3cc4c(cc3n2)Cc2ccccc2-4)cc(C)c1.[Ir]. The van der Waals surface area contributed by atoms with Crippen molar-refractivity contribution in [2.75, 3.05) is 0 Å². The number of carbonyl (C=O) groups excluding carboxylic acids is 1. The predicted molar refractivity (Wildman–Crippen MR) is 149 cm³/mol. The number of aromatic nitrogens is 1. The van der Waals surface area contributed by atoms with Crippen molar-refractivity contribution in [3.63, 3.8) is 0 Å². The van der Waals surface area contributed by atoms with Gasteiger partial charge in [-0.05, 0) is 78.3 Å². The number of hydrogen-bond acceptors (Lipinski definition) is 3. The van der Waals surface area contributed by atoms with Crippen LogP contribution in [0.15, 0.2) is 66.4 Å². The number of pyridine rings is 1. The van der Waals surface area contributed by atoms with Crippen LogP contribution in [0.5, 0.6) is 0 Å². The first kappa shape index (κ1) is 28.5. The maximum atomic E-state index is 10.0. The average molecular weight is 669 g/mol. The van der Waals surface area contributed by atoms with E-state index in [9.17, 15) is 4.79 Å². The number of ketones is 1. The number of carbonyl (C=O) groups is 1. The van der Waals surface area contributed by atoms with E-state index in [1.807, 2.05) is 0 Å². The third-order valence-electron chi connectivity index (χ3n) is 6.27. The van der Waals surface area contributed by atoms with Gasteiger partial charge < -0.3 is 5.11 Å². The Morgan fingerprint density at radius 2 is 1.76 bits per heavy atom. The van der Waals surface area contributed by atoms with Crippen LogP contribution in [0.4, 0.5) is 0 Å². The molecule has 0 amide bonds. The third-order valence-corrected chi connectivity index (χ3v) is 6.27. The van der Waals surface area contributed by atoms with Crippen molar-refractivity contribution < 1.29 is 30.0 Å². The Labute approximate surface area is 234 Å². The molecule has 4 aromatic rings. The summed E-state index contributed by atoms with van der Waals surface area (Å²) in [4.78, 5) is 15.1. The minimum atomic E-state index is -0.125. The topological polar surface area (TPSA) is 50.2 Å². The molecule has 0 atom stereocenters. The van der Waals surface area contributed by atoms with Crippen LogP contribution in [0.3, 0.4) is 0 Å². The van der Waals surface area contributed by atoms with Gasteiger partial charge in [0.1, 0.15) is 0 Å². The molecule has 1 aliphatic rings. The molecule has 3 nitrogen and oxygen atoms in total. The summed E-state index contributed by atoms with van der Waals surface area (Å²) in [5.41, 5.74) is 12.6. The van der Waals surface area contributed by atoms with E-state index in [0.717, 1.165) is 35.2 Å². The van der Waals surface area contributed by atoms with E-state index in [1.54, 1.807) is 0 Å². The summed E-state index contributed by atoms with van der Waals surface area (Å²) >= 11 is 0. The van der Waals surface area contributed by atoms with Crippen LogP contribution in [0.2, 0.25) is 0 Å². The molecule has 0 aliphatic heterocycles. The summed E-state index contributed by atoms with van der Waals surface area (Å²) < 4.78 is 0. The van der Waals surface area contributed by atoms with Crippen LogP contribution in [0, 0.1) is 25.8 Å². The number of hydrogen-bond donors (Lipinski definition) is 1. The van der Waals surface area contributed by atoms with Gasteiger partial charge in [-0.15, -0.1) is 34.9 Å². The molecular formula is C33H34IrNO2-.